The lowest BCUT2D eigenvalue weighted by molar-refractivity contribution is -0.137. The minimum atomic E-state index is -4.55. The predicted molar refractivity (Wildman–Crippen MR) is 149 cm³/mol. The lowest BCUT2D eigenvalue weighted by atomic mass is 10.1. The van der Waals surface area contributed by atoms with Crippen molar-refractivity contribution in [2.24, 2.45) is 0 Å². The summed E-state index contributed by atoms with van der Waals surface area (Å²) >= 11 is 0. The fourth-order valence-corrected chi connectivity index (χ4v) is 5.05. The first-order valence-electron chi connectivity index (χ1n) is 13.1. The van der Waals surface area contributed by atoms with Crippen LogP contribution >= 0.6 is 0 Å². The van der Waals surface area contributed by atoms with E-state index in [-0.39, 0.29) is 35.6 Å². The highest BCUT2D eigenvalue weighted by atomic mass is 19.4. The Hall–Kier alpha value is -4.94. The van der Waals surface area contributed by atoms with Gasteiger partial charge in [0.25, 0.3) is 5.91 Å². The van der Waals surface area contributed by atoms with E-state index < -0.39 is 17.6 Å². The summed E-state index contributed by atoms with van der Waals surface area (Å²) in [4.78, 5) is 35.3. The number of nitrogens with one attached hydrogen (secondary N) is 1. The third-order valence-electron chi connectivity index (χ3n) is 7.20. The van der Waals surface area contributed by atoms with Crippen molar-refractivity contribution in [1.29, 1.82) is 0 Å². The molecule has 5 rings (SSSR count). The number of hydrogen-bond donors (Lipinski definition) is 2. The van der Waals surface area contributed by atoms with Crippen LogP contribution in [0.25, 0.3) is 22.3 Å². The SMILES string of the molecule is C=CC(=O)N1CCCC(n2nc(-c3ccc(CNC(=O)c4ccc(C(F)(F)F)cc4OC)cc3)c3c(N)ncnc32)C1. The maximum absolute atomic E-state index is 13.0. The average molecular weight is 580 g/mol. The number of hydrogen-bond acceptors (Lipinski definition) is 7. The second-order valence-corrected chi connectivity index (χ2v) is 9.83. The fourth-order valence-electron chi connectivity index (χ4n) is 5.05. The van der Waals surface area contributed by atoms with Crippen molar-refractivity contribution < 1.29 is 27.5 Å². The number of carbonyl (C=O) groups excluding carboxylic acids is 2. The average Bonchev–Trinajstić information content (AvgIpc) is 3.40. The van der Waals surface area contributed by atoms with Gasteiger partial charge in [-0.05, 0) is 42.7 Å². The number of benzene rings is 2. The lowest BCUT2D eigenvalue weighted by Crippen LogP contribution is -2.40. The molecule has 3 heterocycles. The second-order valence-electron chi connectivity index (χ2n) is 9.83. The van der Waals surface area contributed by atoms with Crippen molar-refractivity contribution in [3.63, 3.8) is 0 Å². The predicted octanol–water partition coefficient (Wildman–Crippen LogP) is 4.38. The van der Waals surface area contributed by atoms with Gasteiger partial charge in [-0.25, -0.2) is 14.6 Å². The summed E-state index contributed by atoms with van der Waals surface area (Å²) < 4.78 is 45.9. The molecule has 2 aromatic heterocycles. The number of fused-ring (bicyclic) bond motifs is 1. The van der Waals surface area contributed by atoms with Gasteiger partial charge in [-0.3, -0.25) is 9.59 Å². The molecule has 4 aromatic rings. The monoisotopic (exact) mass is 579 g/mol. The fraction of sp³-hybridized carbons (Fsp3) is 0.276. The molecule has 3 N–H and O–H groups in total. The van der Waals surface area contributed by atoms with Crippen LogP contribution in [-0.2, 0) is 17.5 Å². The first-order chi connectivity index (χ1) is 20.1. The Morgan fingerprint density at radius 2 is 1.95 bits per heavy atom. The summed E-state index contributed by atoms with van der Waals surface area (Å²) in [6.07, 6.45) is -0.251. The molecule has 13 heteroatoms. The third-order valence-corrected chi connectivity index (χ3v) is 7.20. The number of rotatable bonds is 7. The summed E-state index contributed by atoms with van der Waals surface area (Å²) in [6.45, 7) is 4.82. The Morgan fingerprint density at radius 3 is 2.64 bits per heavy atom. The van der Waals surface area contributed by atoms with Crippen LogP contribution in [0.2, 0.25) is 0 Å². The van der Waals surface area contributed by atoms with Crippen LogP contribution in [0.1, 0.15) is 40.4 Å². The zero-order chi connectivity index (χ0) is 30.0. The maximum Gasteiger partial charge on any atom is 0.416 e. The van der Waals surface area contributed by atoms with E-state index in [2.05, 4.69) is 21.9 Å². The topological polar surface area (TPSA) is 128 Å². The number of anilines is 1. The van der Waals surface area contributed by atoms with Crippen molar-refractivity contribution in [1.82, 2.24) is 30.0 Å². The molecule has 1 fully saturated rings. The molecule has 42 heavy (non-hydrogen) atoms. The van der Waals surface area contributed by atoms with Crippen LogP contribution in [0.3, 0.4) is 0 Å². The minimum Gasteiger partial charge on any atom is -0.496 e. The van der Waals surface area contributed by atoms with Gasteiger partial charge in [0.15, 0.2) is 5.65 Å². The van der Waals surface area contributed by atoms with Gasteiger partial charge in [0.1, 0.15) is 23.6 Å². The van der Waals surface area contributed by atoms with Crippen molar-refractivity contribution >= 4 is 28.7 Å². The number of piperidine rings is 1. The van der Waals surface area contributed by atoms with Crippen molar-refractivity contribution in [2.75, 3.05) is 25.9 Å². The van der Waals surface area contributed by atoms with Gasteiger partial charge < -0.3 is 20.7 Å². The normalized spacial score (nSPS) is 15.4. The Balaban J connectivity index is 1.36. The summed E-state index contributed by atoms with van der Waals surface area (Å²) in [5.41, 5.74) is 7.98. The maximum atomic E-state index is 13.0. The summed E-state index contributed by atoms with van der Waals surface area (Å²) in [5.74, 6) is -0.603. The number of methoxy groups -OCH3 is 1. The largest absolute Gasteiger partial charge is 0.496 e. The van der Waals surface area contributed by atoms with Crippen LogP contribution in [0.5, 0.6) is 5.75 Å². The zero-order valence-electron chi connectivity index (χ0n) is 22.7. The molecule has 0 spiro atoms. The summed E-state index contributed by atoms with van der Waals surface area (Å²) in [7, 11) is 1.21. The van der Waals surface area contributed by atoms with Gasteiger partial charge in [0, 0.05) is 25.2 Å². The quantitative estimate of drug-likeness (QED) is 0.311. The standard InChI is InChI=1S/C29H28F3N7O3/c1-3-23(40)38-12-4-5-20(15-38)39-27-24(26(33)35-16-36-27)25(37-39)18-8-6-17(7-9-18)14-34-28(41)21-11-10-19(29(30,31)32)13-22(21)42-2/h3,6-11,13,16,20H,1,4-5,12,14-15H2,2H3,(H,34,41)(H2,33,35,36). The molecule has 1 aliphatic rings. The van der Waals surface area contributed by atoms with Crippen molar-refractivity contribution in [3.8, 4) is 17.0 Å². The number of nitrogens with two attached hydrogens (primary N) is 1. The van der Waals surface area contributed by atoms with Gasteiger partial charge >= 0.3 is 6.18 Å². The Labute approximate surface area is 239 Å². The molecular formula is C29H28F3N7O3. The van der Waals surface area contributed by atoms with E-state index in [1.807, 2.05) is 12.1 Å². The van der Waals surface area contributed by atoms with Gasteiger partial charge in [0.05, 0.1) is 29.7 Å². The highest BCUT2D eigenvalue weighted by molar-refractivity contribution is 5.98. The number of amides is 2. The molecule has 0 saturated carbocycles. The minimum absolute atomic E-state index is 0.00864. The van der Waals surface area contributed by atoms with Gasteiger partial charge in [0.2, 0.25) is 5.91 Å². The van der Waals surface area contributed by atoms with Crippen LogP contribution < -0.4 is 15.8 Å². The lowest BCUT2D eigenvalue weighted by Gasteiger charge is -2.32. The molecule has 1 unspecified atom stereocenters. The Bertz CT molecular complexity index is 1650. The van der Waals surface area contributed by atoms with Gasteiger partial charge in [-0.15, -0.1) is 0 Å². The highest BCUT2D eigenvalue weighted by Crippen LogP contribution is 2.35. The first kappa shape index (κ1) is 28.6. The molecule has 10 nitrogen and oxygen atoms in total. The number of alkyl halides is 3. The zero-order valence-corrected chi connectivity index (χ0v) is 22.7. The first-order valence-corrected chi connectivity index (χ1v) is 13.1. The Morgan fingerprint density at radius 1 is 1.19 bits per heavy atom. The van der Waals surface area contributed by atoms with Gasteiger partial charge in [-0.2, -0.15) is 18.3 Å². The number of nitrogens with zero attached hydrogens (tertiary/aromatic N) is 5. The van der Waals surface area contributed by atoms with E-state index in [4.69, 9.17) is 15.6 Å². The molecule has 0 aliphatic carbocycles. The van der Waals surface area contributed by atoms with E-state index in [1.54, 1.807) is 21.7 Å². The van der Waals surface area contributed by atoms with Crippen LogP contribution in [0.15, 0.2) is 61.4 Å². The number of aromatic nitrogens is 4. The molecule has 1 aliphatic heterocycles. The molecule has 1 atom stereocenters. The highest BCUT2D eigenvalue weighted by Gasteiger charge is 2.32. The van der Waals surface area contributed by atoms with Crippen LogP contribution in [0.4, 0.5) is 19.0 Å². The van der Waals surface area contributed by atoms with E-state index in [9.17, 15) is 22.8 Å². The van der Waals surface area contributed by atoms with E-state index in [1.165, 1.54) is 19.5 Å². The Kier molecular flexibility index (Phi) is 7.83. The number of nitrogen functional groups attached to an aromatic ring is 1. The molecule has 0 bridgehead atoms. The molecule has 218 valence electrons. The summed E-state index contributed by atoms with van der Waals surface area (Å²) in [6, 6.07) is 9.88. The van der Waals surface area contributed by atoms with Crippen LogP contribution in [-0.4, -0.2) is 56.7 Å². The smallest absolute Gasteiger partial charge is 0.416 e. The van der Waals surface area contributed by atoms with Crippen molar-refractivity contribution in [2.45, 2.75) is 31.6 Å². The molecule has 2 amide bonds. The number of halogens is 3. The van der Waals surface area contributed by atoms with E-state index >= 15 is 0 Å². The number of carbonyl (C=O) groups is 2. The van der Waals surface area contributed by atoms with Gasteiger partial charge in [-0.1, -0.05) is 30.8 Å². The van der Waals surface area contributed by atoms with Crippen LogP contribution in [0, 0.1) is 0 Å². The van der Waals surface area contributed by atoms with Crippen molar-refractivity contribution in [3.05, 3.63) is 78.1 Å². The summed E-state index contributed by atoms with van der Waals surface area (Å²) in [5, 5.41) is 8.17. The second kappa shape index (κ2) is 11.5. The van der Waals surface area contributed by atoms with E-state index in [0.29, 0.717) is 29.8 Å². The number of ether oxygens (including phenoxy) is 1. The third kappa shape index (κ3) is 5.62. The number of likely N-dealkylation sites (tertiary alicyclic amines) is 1. The molecular weight excluding hydrogens is 551 g/mol. The molecule has 0 radical (unpaired) electrons. The molecule has 2 aromatic carbocycles. The molecule has 1 saturated heterocycles. The van der Waals surface area contributed by atoms with E-state index in [0.717, 1.165) is 42.2 Å².